The number of aromatic amines is 1. The molecule has 0 bridgehead atoms. The van der Waals surface area contributed by atoms with Gasteiger partial charge >= 0.3 is 5.97 Å². The fourth-order valence-electron chi connectivity index (χ4n) is 1.44. The monoisotopic (exact) mass is 270 g/mol. The first-order chi connectivity index (χ1) is 9.10. The van der Waals surface area contributed by atoms with Gasteiger partial charge in [-0.25, -0.2) is 9.18 Å². The van der Waals surface area contributed by atoms with Crippen LogP contribution >= 0.6 is 0 Å². The molecule has 0 spiro atoms. The standard InChI is InChI=1S/C13H19FN2O3/c1-3-5-7-19-13(18)9-8-10(14)12(17)16-11(9)15-6-4-2/h8H,3-7H2,1-2H3,(H2,15,16,17). The second-order valence-electron chi connectivity index (χ2n) is 4.15. The lowest BCUT2D eigenvalue weighted by atomic mass is 10.2. The fraction of sp³-hybridized carbons (Fsp3) is 0.538. The van der Waals surface area contributed by atoms with Crippen LogP contribution in [0.4, 0.5) is 10.2 Å². The van der Waals surface area contributed by atoms with Crippen molar-refractivity contribution in [3.8, 4) is 0 Å². The van der Waals surface area contributed by atoms with Gasteiger partial charge in [-0.3, -0.25) is 4.79 Å². The molecule has 106 valence electrons. The lowest BCUT2D eigenvalue weighted by Crippen LogP contribution is -2.20. The molecule has 6 heteroatoms. The van der Waals surface area contributed by atoms with Gasteiger partial charge in [-0.1, -0.05) is 20.3 Å². The third-order valence-electron chi connectivity index (χ3n) is 2.50. The molecule has 1 rings (SSSR count). The third-order valence-corrected chi connectivity index (χ3v) is 2.50. The Kier molecular flexibility index (Phi) is 6.05. The largest absolute Gasteiger partial charge is 0.462 e. The number of unbranched alkanes of at least 4 members (excludes halogenated alkanes) is 1. The molecule has 0 aliphatic heterocycles. The van der Waals surface area contributed by atoms with Crippen molar-refractivity contribution in [2.75, 3.05) is 18.5 Å². The Balaban J connectivity index is 2.92. The molecule has 0 amide bonds. The molecule has 2 N–H and O–H groups in total. The maximum atomic E-state index is 13.3. The summed E-state index contributed by atoms with van der Waals surface area (Å²) in [5.74, 6) is -1.43. The summed E-state index contributed by atoms with van der Waals surface area (Å²) in [6, 6.07) is 0.908. The van der Waals surface area contributed by atoms with Crippen LogP contribution in [0.5, 0.6) is 0 Å². The Bertz CT molecular complexity index is 485. The van der Waals surface area contributed by atoms with Gasteiger partial charge in [0, 0.05) is 6.54 Å². The number of aromatic nitrogens is 1. The summed E-state index contributed by atoms with van der Waals surface area (Å²) in [7, 11) is 0. The molecule has 5 nitrogen and oxygen atoms in total. The van der Waals surface area contributed by atoms with Crippen LogP contribution in [0.15, 0.2) is 10.9 Å². The van der Waals surface area contributed by atoms with Gasteiger partial charge in [0.2, 0.25) is 0 Å². The van der Waals surface area contributed by atoms with Crippen molar-refractivity contribution < 1.29 is 13.9 Å². The van der Waals surface area contributed by atoms with Crippen molar-refractivity contribution in [2.24, 2.45) is 0 Å². The van der Waals surface area contributed by atoms with Crippen LogP contribution in [0.1, 0.15) is 43.5 Å². The molecule has 19 heavy (non-hydrogen) atoms. The summed E-state index contributed by atoms with van der Waals surface area (Å²) in [4.78, 5) is 25.3. The van der Waals surface area contributed by atoms with E-state index < -0.39 is 17.3 Å². The van der Waals surface area contributed by atoms with E-state index in [4.69, 9.17) is 4.74 Å². The van der Waals surface area contributed by atoms with E-state index in [1.165, 1.54) is 0 Å². The topological polar surface area (TPSA) is 71.2 Å². The van der Waals surface area contributed by atoms with Gasteiger partial charge < -0.3 is 15.0 Å². The maximum Gasteiger partial charge on any atom is 0.341 e. The SMILES string of the molecule is CCCCOC(=O)c1cc(F)c(=O)[nH]c1NCCC. The van der Waals surface area contributed by atoms with Crippen LogP contribution in [0.2, 0.25) is 0 Å². The van der Waals surface area contributed by atoms with Crippen molar-refractivity contribution in [2.45, 2.75) is 33.1 Å². The van der Waals surface area contributed by atoms with Crippen LogP contribution in [-0.2, 0) is 4.74 Å². The Morgan fingerprint density at radius 1 is 1.42 bits per heavy atom. The molecule has 0 aliphatic rings. The predicted molar refractivity (Wildman–Crippen MR) is 71.0 cm³/mol. The number of ether oxygens (including phenoxy) is 1. The van der Waals surface area contributed by atoms with E-state index in [0.717, 1.165) is 25.3 Å². The second-order valence-corrected chi connectivity index (χ2v) is 4.15. The van der Waals surface area contributed by atoms with Crippen LogP contribution in [0, 0.1) is 5.82 Å². The molecule has 0 saturated heterocycles. The lowest BCUT2D eigenvalue weighted by Gasteiger charge is -2.10. The van der Waals surface area contributed by atoms with E-state index in [2.05, 4.69) is 10.3 Å². The third kappa shape index (κ3) is 4.39. The second kappa shape index (κ2) is 7.56. The number of H-pyrrole nitrogens is 1. The first-order valence-electron chi connectivity index (χ1n) is 6.44. The van der Waals surface area contributed by atoms with Gasteiger partial charge in [-0.15, -0.1) is 0 Å². The predicted octanol–water partition coefficient (Wildman–Crippen LogP) is 2.29. The zero-order chi connectivity index (χ0) is 14.3. The molecular weight excluding hydrogens is 251 g/mol. The molecule has 0 radical (unpaired) electrons. The van der Waals surface area contributed by atoms with E-state index in [-0.39, 0.29) is 18.0 Å². The molecule has 0 aliphatic carbocycles. The highest BCUT2D eigenvalue weighted by molar-refractivity contribution is 5.94. The quantitative estimate of drug-likeness (QED) is 0.589. The summed E-state index contributed by atoms with van der Waals surface area (Å²) in [6.07, 6.45) is 2.45. The molecule has 1 aromatic rings. The number of hydrogen-bond donors (Lipinski definition) is 2. The number of halogens is 1. The highest BCUT2D eigenvalue weighted by Crippen LogP contribution is 2.13. The Labute approximate surface area is 111 Å². The van der Waals surface area contributed by atoms with E-state index in [1.807, 2.05) is 13.8 Å². The van der Waals surface area contributed by atoms with Crippen molar-refractivity contribution in [3.05, 3.63) is 27.8 Å². The van der Waals surface area contributed by atoms with Crippen LogP contribution in [0.25, 0.3) is 0 Å². The lowest BCUT2D eigenvalue weighted by molar-refractivity contribution is 0.0500. The van der Waals surface area contributed by atoms with E-state index in [0.29, 0.717) is 6.54 Å². The van der Waals surface area contributed by atoms with Gasteiger partial charge in [-0.2, -0.15) is 0 Å². The number of nitrogens with one attached hydrogen (secondary N) is 2. The summed E-state index contributed by atoms with van der Waals surface area (Å²) < 4.78 is 18.3. The minimum absolute atomic E-state index is 0.0154. The number of anilines is 1. The van der Waals surface area contributed by atoms with Crippen molar-refractivity contribution in [1.82, 2.24) is 4.98 Å². The normalized spacial score (nSPS) is 10.3. The maximum absolute atomic E-state index is 13.3. The number of carbonyl (C=O) groups excluding carboxylic acids is 1. The van der Waals surface area contributed by atoms with Crippen molar-refractivity contribution >= 4 is 11.8 Å². The molecule has 1 heterocycles. The van der Waals surface area contributed by atoms with Gasteiger partial charge in [-0.05, 0) is 18.9 Å². The molecule has 0 atom stereocenters. The summed E-state index contributed by atoms with van der Waals surface area (Å²) in [6.45, 7) is 4.76. The van der Waals surface area contributed by atoms with E-state index in [9.17, 15) is 14.0 Å². The highest BCUT2D eigenvalue weighted by atomic mass is 19.1. The van der Waals surface area contributed by atoms with Crippen LogP contribution in [0.3, 0.4) is 0 Å². The molecule has 0 saturated carbocycles. The van der Waals surface area contributed by atoms with Gasteiger partial charge in [0.15, 0.2) is 5.82 Å². The van der Waals surface area contributed by atoms with Crippen molar-refractivity contribution in [3.63, 3.8) is 0 Å². The first kappa shape index (κ1) is 15.2. The average Bonchev–Trinajstić information content (AvgIpc) is 2.39. The molecule has 0 aromatic carbocycles. The summed E-state index contributed by atoms with van der Waals surface area (Å²) in [5.41, 5.74) is -0.842. The number of rotatable bonds is 7. The molecular formula is C13H19FN2O3. The Morgan fingerprint density at radius 3 is 2.79 bits per heavy atom. The van der Waals surface area contributed by atoms with Gasteiger partial charge in [0.1, 0.15) is 11.4 Å². The summed E-state index contributed by atoms with van der Waals surface area (Å²) >= 11 is 0. The molecule has 0 fully saturated rings. The summed E-state index contributed by atoms with van der Waals surface area (Å²) in [5, 5.41) is 2.88. The number of hydrogen-bond acceptors (Lipinski definition) is 4. The highest BCUT2D eigenvalue weighted by Gasteiger charge is 2.16. The molecule has 0 unspecified atom stereocenters. The van der Waals surface area contributed by atoms with Gasteiger partial charge in [0.25, 0.3) is 5.56 Å². The zero-order valence-electron chi connectivity index (χ0n) is 11.2. The fourth-order valence-corrected chi connectivity index (χ4v) is 1.44. The van der Waals surface area contributed by atoms with Gasteiger partial charge in [0.05, 0.1) is 6.61 Å². The molecule has 1 aromatic heterocycles. The average molecular weight is 270 g/mol. The minimum Gasteiger partial charge on any atom is -0.462 e. The Hall–Kier alpha value is -1.85. The first-order valence-corrected chi connectivity index (χ1v) is 6.44. The number of esters is 1. The van der Waals surface area contributed by atoms with Crippen LogP contribution < -0.4 is 10.9 Å². The van der Waals surface area contributed by atoms with E-state index >= 15 is 0 Å². The zero-order valence-corrected chi connectivity index (χ0v) is 11.2. The van der Waals surface area contributed by atoms with Crippen molar-refractivity contribution in [1.29, 1.82) is 0 Å². The minimum atomic E-state index is -0.996. The number of carbonyl (C=O) groups is 1. The van der Waals surface area contributed by atoms with Crippen LogP contribution in [-0.4, -0.2) is 24.1 Å². The number of pyridine rings is 1. The van der Waals surface area contributed by atoms with E-state index in [1.54, 1.807) is 0 Å². The smallest absolute Gasteiger partial charge is 0.341 e. The Morgan fingerprint density at radius 2 is 2.16 bits per heavy atom.